The fourth-order valence-corrected chi connectivity index (χ4v) is 2.93. The van der Waals surface area contributed by atoms with Crippen LogP contribution in [0.25, 0.3) is 0 Å². The molecule has 0 heterocycles. The van der Waals surface area contributed by atoms with E-state index < -0.39 is 30.7 Å². The van der Waals surface area contributed by atoms with Crippen molar-refractivity contribution in [3.8, 4) is 0 Å². The van der Waals surface area contributed by atoms with Crippen LogP contribution in [0.1, 0.15) is 6.92 Å². The smallest absolute Gasteiger partial charge is 0.300 e. The third-order valence-electron chi connectivity index (χ3n) is 0.836. The topological polar surface area (TPSA) is 106 Å². The molecule has 0 aliphatic rings. The Morgan fingerprint density at radius 3 is 1.47 bits per heavy atom. The average molecular weight is 256 g/mol. The van der Waals surface area contributed by atoms with E-state index in [1.54, 1.807) is 0 Å². The fraction of sp³-hybridized carbons (Fsp3) is 0.286. The highest BCUT2D eigenvalue weighted by Gasteiger charge is 2.15. The first-order chi connectivity index (χ1) is 6.56. The summed E-state index contributed by atoms with van der Waals surface area (Å²) in [6.07, 6.45) is 0. The van der Waals surface area contributed by atoms with E-state index in [1.165, 1.54) is 0 Å². The molecule has 0 aliphatic carbocycles. The van der Waals surface area contributed by atoms with E-state index in [4.69, 9.17) is 9.90 Å². The van der Waals surface area contributed by atoms with Crippen molar-refractivity contribution in [2.45, 2.75) is 6.92 Å². The van der Waals surface area contributed by atoms with E-state index in [0.717, 1.165) is 6.92 Å². The highest BCUT2D eigenvalue weighted by molar-refractivity contribution is 8.10. The fourth-order valence-electron chi connectivity index (χ4n) is 0.325. The monoisotopic (exact) mass is 256 g/mol. The Morgan fingerprint density at radius 1 is 1.13 bits per heavy atom. The van der Waals surface area contributed by atoms with Gasteiger partial charge >= 0.3 is 0 Å². The van der Waals surface area contributed by atoms with Crippen LogP contribution >= 0.6 is 0 Å². The van der Waals surface area contributed by atoms with Gasteiger partial charge < -0.3 is 5.11 Å². The highest BCUT2D eigenvalue weighted by atomic mass is 32.3. The Kier molecular flexibility index (Phi) is 6.90. The predicted octanol–water partition coefficient (Wildman–Crippen LogP) is 0.151. The van der Waals surface area contributed by atoms with Gasteiger partial charge in [-0.3, -0.25) is 4.79 Å². The van der Waals surface area contributed by atoms with Gasteiger partial charge in [0.1, 0.15) is 0 Å². The second-order valence-electron chi connectivity index (χ2n) is 2.30. The molecule has 88 valence electrons. The highest BCUT2D eigenvalue weighted by Crippen LogP contribution is 1.99. The van der Waals surface area contributed by atoms with Gasteiger partial charge in [0.25, 0.3) is 5.97 Å². The number of sulfone groups is 2. The average Bonchev–Trinajstić information content (AvgIpc) is 2.02. The molecule has 0 rings (SSSR count). The van der Waals surface area contributed by atoms with E-state index in [9.17, 15) is 16.8 Å². The molecule has 0 saturated carbocycles. The molecule has 0 radical (unpaired) electrons. The molecule has 0 aliphatic heterocycles. The van der Waals surface area contributed by atoms with Crippen LogP contribution in [0.5, 0.6) is 0 Å². The normalized spacial score (nSPS) is 10.7. The molecule has 0 aromatic heterocycles. The maximum absolute atomic E-state index is 10.6. The number of carboxylic acids is 1. The lowest BCUT2D eigenvalue weighted by molar-refractivity contribution is -0.134. The molecular formula is C7H12O6S2. The molecule has 6 nitrogen and oxygen atoms in total. The molecular weight excluding hydrogens is 244 g/mol. The van der Waals surface area contributed by atoms with Gasteiger partial charge in [-0.25, -0.2) is 16.8 Å². The summed E-state index contributed by atoms with van der Waals surface area (Å²) in [6.45, 7) is 7.01. The van der Waals surface area contributed by atoms with Crippen LogP contribution in [0.4, 0.5) is 0 Å². The van der Waals surface area contributed by atoms with Gasteiger partial charge in [-0.2, -0.15) is 0 Å². The Hall–Kier alpha value is -1.15. The third kappa shape index (κ3) is 12.8. The van der Waals surface area contributed by atoms with Crippen molar-refractivity contribution in [1.82, 2.24) is 0 Å². The van der Waals surface area contributed by atoms with Gasteiger partial charge in [0.05, 0.1) is 0 Å². The van der Waals surface area contributed by atoms with Gasteiger partial charge in [0.2, 0.25) is 0 Å². The van der Waals surface area contributed by atoms with Crippen molar-refractivity contribution in [3.63, 3.8) is 0 Å². The Bertz CT molecular complexity index is 388. The summed E-state index contributed by atoms with van der Waals surface area (Å²) >= 11 is 0. The molecule has 0 aromatic rings. The second kappa shape index (κ2) is 6.36. The molecule has 0 spiro atoms. The minimum Gasteiger partial charge on any atom is -0.481 e. The van der Waals surface area contributed by atoms with Crippen LogP contribution in [0, 0.1) is 0 Å². The first kappa shape index (κ1) is 16.3. The third-order valence-corrected chi connectivity index (χ3v) is 4.48. The van der Waals surface area contributed by atoms with Crippen LogP contribution in [0.3, 0.4) is 0 Å². The SMILES string of the molecule is C=CS(=O)(=O)CS(=O)(=O)C=C.CC(=O)O. The molecule has 0 bridgehead atoms. The van der Waals surface area contributed by atoms with Crippen LogP contribution in [-0.2, 0) is 24.5 Å². The van der Waals surface area contributed by atoms with E-state index >= 15 is 0 Å². The summed E-state index contributed by atoms with van der Waals surface area (Å²) < 4.78 is 42.5. The van der Waals surface area contributed by atoms with Crippen molar-refractivity contribution in [2.75, 3.05) is 5.08 Å². The summed E-state index contributed by atoms with van der Waals surface area (Å²) in [5.74, 6) is -0.833. The summed E-state index contributed by atoms with van der Waals surface area (Å²) in [4.78, 5) is 9.00. The molecule has 0 amide bonds. The minimum atomic E-state index is -3.68. The van der Waals surface area contributed by atoms with E-state index in [1.807, 2.05) is 0 Å². The van der Waals surface area contributed by atoms with Crippen molar-refractivity contribution in [3.05, 3.63) is 24.0 Å². The van der Waals surface area contributed by atoms with Gasteiger partial charge in [0.15, 0.2) is 24.8 Å². The number of hydrogen-bond donors (Lipinski definition) is 1. The summed E-state index contributed by atoms with van der Waals surface area (Å²) in [5.41, 5.74) is 0. The first-order valence-corrected chi connectivity index (χ1v) is 6.89. The lowest BCUT2D eigenvalue weighted by atomic mass is 10.9. The lowest BCUT2D eigenvalue weighted by Crippen LogP contribution is -2.11. The zero-order valence-electron chi connectivity index (χ0n) is 8.08. The van der Waals surface area contributed by atoms with Gasteiger partial charge in [-0.05, 0) is 0 Å². The predicted molar refractivity (Wildman–Crippen MR) is 56.4 cm³/mol. The molecule has 0 unspecified atom stereocenters. The molecule has 8 heteroatoms. The van der Waals surface area contributed by atoms with Gasteiger partial charge in [0, 0.05) is 17.7 Å². The Morgan fingerprint density at radius 2 is 1.33 bits per heavy atom. The van der Waals surface area contributed by atoms with Crippen LogP contribution in [0.15, 0.2) is 24.0 Å². The molecule has 0 atom stereocenters. The molecule has 0 saturated heterocycles. The zero-order valence-corrected chi connectivity index (χ0v) is 9.71. The first-order valence-electron chi connectivity index (χ1n) is 3.46. The Labute approximate surface area is 88.8 Å². The number of carbonyl (C=O) groups is 1. The number of hydrogen-bond acceptors (Lipinski definition) is 5. The van der Waals surface area contributed by atoms with Gasteiger partial charge in [-0.1, -0.05) is 13.2 Å². The quantitative estimate of drug-likeness (QED) is 0.767. The van der Waals surface area contributed by atoms with Crippen LogP contribution in [-0.4, -0.2) is 33.0 Å². The Balaban J connectivity index is 0. The molecule has 0 fully saturated rings. The molecule has 15 heavy (non-hydrogen) atoms. The molecule has 0 aromatic carbocycles. The number of carboxylic acid groups (broad SMARTS) is 1. The van der Waals surface area contributed by atoms with Crippen molar-refractivity contribution in [1.29, 1.82) is 0 Å². The van der Waals surface area contributed by atoms with Gasteiger partial charge in [-0.15, -0.1) is 0 Å². The van der Waals surface area contributed by atoms with Crippen LogP contribution in [0.2, 0.25) is 0 Å². The van der Waals surface area contributed by atoms with Crippen molar-refractivity contribution >= 4 is 25.6 Å². The summed E-state index contributed by atoms with van der Waals surface area (Å²) in [6, 6.07) is 0. The van der Waals surface area contributed by atoms with Crippen molar-refractivity contribution in [2.24, 2.45) is 0 Å². The van der Waals surface area contributed by atoms with Crippen molar-refractivity contribution < 1.29 is 26.7 Å². The maximum Gasteiger partial charge on any atom is 0.300 e. The van der Waals surface area contributed by atoms with E-state index in [-0.39, 0.29) is 0 Å². The zero-order chi connectivity index (χ0) is 12.7. The van der Waals surface area contributed by atoms with Crippen LogP contribution < -0.4 is 0 Å². The number of rotatable bonds is 4. The standard InChI is InChI=1S/C5H8O4S2.C2H4O2/c1-3-10(6,7)5-11(8,9)4-2;1-2(3)4/h3-4H,1-2,5H2;1H3,(H,3,4). The summed E-state index contributed by atoms with van der Waals surface area (Å²) in [7, 11) is -7.37. The largest absolute Gasteiger partial charge is 0.481 e. The summed E-state index contributed by atoms with van der Waals surface area (Å²) in [5, 5.41) is 7.68. The van der Waals surface area contributed by atoms with E-state index in [0.29, 0.717) is 10.8 Å². The molecule has 1 N–H and O–H groups in total. The maximum atomic E-state index is 10.6. The minimum absolute atomic E-state index is 0.605. The lowest BCUT2D eigenvalue weighted by Gasteiger charge is -1.94. The van der Waals surface area contributed by atoms with E-state index in [2.05, 4.69) is 13.2 Å². The number of aliphatic carboxylic acids is 1. The second-order valence-corrected chi connectivity index (χ2v) is 6.56.